The quantitative estimate of drug-likeness (QED) is 0.647. The zero-order chi connectivity index (χ0) is 8.97. The lowest BCUT2D eigenvalue weighted by Gasteiger charge is -1.95. The minimum Gasteiger partial charge on any atom is -0.345 e. The van der Waals surface area contributed by atoms with Crippen LogP contribution in [-0.4, -0.2) is 12.2 Å². The fourth-order valence-corrected chi connectivity index (χ4v) is 2.05. The number of carbonyl (C=O) groups excluding carboxylic acids is 2. The molecule has 64 valence electrons. The maximum atomic E-state index is 10.5. The number of halogens is 1. The van der Waals surface area contributed by atoms with Gasteiger partial charge in [-0.3, -0.25) is 9.59 Å². The summed E-state index contributed by atoms with van der Waals surface area (Å²) in [6.07, 6.45) is 0.267. The molecule has 1 heterocycles. The van der Waals surface area contributed by atoms with E-state index in [0.29, 0.717) is 6.54 Å². The normalized spacial score (nSPS) is 9.42. The van der Waals surface area contributed by atoms with Gasteiger partial charge in [-0.1, -0.05) is 0 Å². The van der Waals surface area contributed by atoms with Gasteiger partial charge in [-0.2, -0.15) is 0 Å². The average molecular weight is 248 g/mol. The largest absolute Gasteiger partial charge is 0.345 e. The third-order valence-corrected chi connectivity index (χ3v) is 2.86. The highest BCUT2D eigenvalue weighted by Crippen LogP contribution is 2.19. The van der Waals surface area contributed by atoms with Crippen LogP contribution in [0.1, 0.15) is 4.88 Å². The molecule has 0 aromatic carbocycles. The van der Waals surface area contributed by atoms with E-state index in [0.717, 1.165) is 9.35 Å². The highest BCUT2D eigenvalue weighted by atomic mass is 79.9. The van der Waals surface area contributed by atoms with Crippen LogP contribution in [0.5, 0.6) is 0 Å². The second-order valence-electron chi connectivity index (χ2n) is 2.07. The number of aldehydes is 1. The third-order valence-electron chi connectivity index (χ3n) is 1.17. The third kappa shape index (κ3) is 2.75. The first-order valence-electron chi connectivity index (χ1n) is 3.18. The monoisotopic (exact) mass is 247 g/mol. The van der Waals surface area contributed by atoms with Gasteiger partial charge >= 0.3 is 0 Å². The number of hydrogen-bond donors (Lipinski definition) is 1. The standard InChI is InChI=1S/C7H6BrNO2S/c8-5-1-6(12-4-5)2-9-7(11)3-10/h1,3-4H,2H2,(H,9,11). The van der Waals surface area contributed by atoms with E-state index >= 15 is 0 Å². The maximum absolute atomic E-state index is 10.5. The van der Waals surface area contributed by atoms with E-state index in [1.54, 1.807) is 0 Å². The van der Waals surface area contributed by atoms with Crippen molar-refractivity contribution in [1.29, 1.82) is 0 Å². The summed E-state index contributed by atoms with van der Waals surface area (Å²) in [6, 6.07) is 1.90. The van der Waals surface area contributed by atoms with Gasteiger partial charge in [-0.05, 0) is 22.0 Å². The molecule has 0 fully saturated rings. The minimum absolute atomic E-state index is 0.267. The molecule has 12 heavy (non-hydrogen) atoms. The van der Waals surface area contributed by atoms with E-state index in [-0.39, 0.29) is 6.29 Å². The van der Waals surface area contributed by atoms with Crippen LogP contribution in [0.25, 0.3) is 0 Å². The van der Waals surface area contributed by atoms with Crippen molar-refractivity contribution in [2.75, 3.05) is 0 Å². The summed E-state index contributed by atoms with van der Waals surface area (Å²) in [6.45, 7) is 0.411. The van der Waals surface area contributed by atoms with E-state index in [2.05, 4.69) is 21.2 Å². The van der Waals surface area contributed by atoms with Crippen LogP contribution in [0.2, 0.25) is 0 Å². The second kappa shape index (κ2) is 4.37. The van der Waals surface area contributed by atoms with Crippen LogP contribution in [0.3, 0.4) is 0 Å². The molecule has 1 aromatic heterocycles. The summed E-state index contributed by atoms with van der Waals surface area (Å²) >= 11 is 4.81. The molecule has 3 nitrogen and oxygen atoms in total. The van der Waals surface area contributed by atoms with Gasteiger partial charge in [0.25, 0.3) is 5.91 Å². The molecule has 1 amide bonds. The molecule has 1 N–H and O–H groups in total. The Balaban J connectivity index is 2.43. The molecule has 0 saturated carbocycles. The number of carbonyl (C=O) groups is 2. The van der Waals surface area contributed by atoms with Gasteiger partial charge in [0, 0.05) is 14.7 Å². The van der Waals surface area contributed by atoms with Crippen LogP contribution >= 0.6 is 27.3 Å². The lowest BCUT2D eigenvalue weighted by Crippen LogP contribution is -2.22. The van der Waals surface area contributed by atoms with Crippen molar-refractivity contribution in [1.82, 2.24) is 5.32 Å². The highest BCUT2D eigenvalue weighted by molar-refractivity contribution is 9.10. The first-order chi connectivity index (χ1) is 5.72. The molecule has 1 rings (SSSR count). The lowest BCUT2D eigenvalue weighted by molar-refractivity contribution is -0.131. The Kier molecular flexibility index (Phi) is 3.43. The molecule has 0 aliphatic heterocycles. The van der Waals surface area contributed by atoms with Crippen molar-refractivity contribution in [2.45, 2.75) is 6.54 Å². The van der Waals surface area contributed by atoms with Crippen molar-refractivity contribution in [3.8, 4) is 0 Å². The highest BCUT2D eigenvalue weighted by Gasteiger charge is 1.99. The van der Waals surface area contributed by atoms with Crippen LogP contribution in [0, 0.1) is 0 Å². The van der Waals surface area contributed by atoms with E-state index in [4.69, 9.17) is 0 Å². The van der Waals surface area contributed by atoms with Crippen molar-refractivity contribution in [2.24, 2.45) is 0 Å². The summed E-state index contributed by atoms with van der Waals surface area (Å²) < 4.78 is 0.989. The van der Waals surface area contributed by atoms with Crippen LogP contribution in [-0.2, 0) is 16.1 Å². The molecule has 1 aromatic rings. The smallest absolute Gasteiger partial charge is 0.284 e. The summed E-state index contributed by atoms with van der Waals surface area (Å²) in [5.41, 5.74) is 0. The average Bonchev–Trinajstić information content (AvgIpc) is 2.47. The first kappa shape index (κ1) is 9.41. The zero-order valence-electron chi connectivity index (χ0n) is 6.04. The Morgan fingerprint density at radius 3 is 3.00 bits per heavy atom. The fraction of sp³-hybridized carbons (Fsp3) is 0.143. The Labute approximate surface area is 81.9 Å². The fourth-order valence-electron chi connectivity index (χ4n) is 0.662. The SMILES string of the molecule is O=CC(=O)NCc1cc(Br)cs1. The predicted molar refractivity (Wildman–Crippen MR) is 49.9 cm³/mol. The molecule has 0 spiro atoms. The van der Waals surface area contributed by atoms with Gasteiger partial charge in [0.1, 0.15) is 0 Å². The van der Waals surface area contributed by atoms with Gasteiger partial charge in [-0.25, -0.2) is 0 Å². The van der Waals surface area contributed by atoms with Crippen molar-refractivity contribution < 1.29 is 9.59 Å². The molecular weight excluding hydrogens is 242 g/mol. The van der Waals surface area contributed by atoms with E-state index in [1.807, 2.05) is 11.4 Å². The summed E-state index contributed by atoms with van der Waals surface area (Å²) in [5.74, 6) is -0.584. The molecule has 0 aliphatic rings. The van der Waals surface area contributed by atoms with E-state index in [1.165, 1.54) is 11.3 Å². The molecule has 0 unspecified atom stereocenters. The van der Waals surface area contributed by atoms with Gasteiger partial charge in [0.2, 0.25) is 6.29 Å². The number of amides is 1. The van der Waals surface area contributed by atoms with Crippen LogP contribution in [0.15, 0.2) is 15.9 Å². The number of rotatable bonds is 3. The minimum atomic E-state index is -0.584. The molecule has 5 heteroatoms. The molecular formula is C7H6BrNO2S. The molecule has 0 bridgehead atoms. The second-order valence-corrected chi connectivity index (χ2v) is 3.98. The summed E-state index contributed by atoms with van der Waals surface area (Å²) in [5, 5.41) is 4.36. The Bertz CT molecular complexity index is 297. The van der Waals surface area contributed by atoms with Crippen LogP contribution < -0.4 is 5.32 Å². The molecule has 0 radical (unpaired) electrons. The predicted octanol–water partition coefficient (Wildman–Crippen LogP) is 1.33. The summed E-state index contributed by atoms with van der Waals surface area (Å²) in [7, 11) is 0. The summed E-state index contributed by atoms with van der Waals surface area (Å²) in [4.78, 5) is 21.4. The number of thiophene rings is 1. The molecule has 0 aliphatic carbocycles. The van der Waals surface area contributed by atoms with E-state index in [9.17, 15) is 9.59 Å². The topological polar surface area (TPSA) is 46.2 Å². The Morgan fingerprint density at radius 1 is 1.75 bits per heavy atom. The van der Waals surface area contributed by atoms with Crippen molar-refractivity contribution >= 4 is 39.5 Å². The molecule has 0 atom stereocenters. The number of nitrogens with one attached hydrogen (secondary N) is 1. The zero-order valence-corrected chi connectivity index (χ0v) is 8.44. The van der Waals surface area contributed by atoms with Gasteiger partial charge in [0.05, 0.1) is 6.54 Å². The van der Waals surface area contributed by atoms with Gasteiger partial charge in [0.15, 0.2) is 0 Å². The van der Waals surface area contributed by atoms with Crippen molar-refractivity contribution in [3.63, 3.8) is 0 Å². The Hall–Kier alpha value is -0.680. The maximum Gasteiger partial charge on any atom is 0.284 e. The molecule has 0 saturated heterocycles. The van der Waals surface area contributed by atoms with Crippen molar-refractivity contribution in [3.05, 3.63) is 20.8 Å². The number of hydrogen-bond acceptors (Lipinski definition) is 3. The first-order valence-corrected chi connectivity index (χ1v) is 4.85. The van der Waals surface area contributed by atoms with Gasteiger partial charge < -0.3 is 5.32 Å². The lowest BCUT2D eigenvalue weighted by atomic mass is 10.4. The van der Waals surface area contributed by atoms with Crippen LogP contribution in [0.4, 0.5) is 0 Å². The van der Waals surface area contributed by atoms with E-state index < -0.39 is 5.91 Å². The Morgan fingerprint density at radius 2 is 2.50 bits per heavy atom. The van der Waals surface area contributed by atoms with Gasteiger partial charge in [-0.15, -0.1) is 11.3 Å².